The van der Waals surface area contributed by atoms with Crippen LogP contribution in [-0.4, -0.2) is 78.7 Å². The quantitative estimate of drug-likeness (QED) is 0.133. The number of para-hydroxylation sites is 2. The maximum Gasteiger partial charge on any atom is 0.329 e. The number of carbonyl (C=O) groups excluding carboxylic acids is 5. The Morgan fingerprint density at radius 3 is 2.19 bits per heavy atom. The summed E-state index contributed by atoms with van der Waals surface area (Å²) in [5, 5.41) is 15.5. The van der Waals surface area contributed by atoms with Crippen LogP contribution in [0.3, 0.4) is 0 Å². The van der Waals surface area contributed by atoms with Gasteiger partial charge < -0.3 is 30.0 Å². The molecule has 13 nitrogen and oxygen atoms in total. The summed E-state index contributed by atoms with van der Waals surface area (Å²) in [6.45, 7) is 6.84. The zero-order chi connectivity index (χ0) is 41.1. The second kappa shape index (κ2) is 16.7. The number of cyclic esters (lactones) is 1. The molecule has 0 bridgehead atoms. The van der Waals surface area contributed by atoms with Gasteiger partial charge in [-0.05, 0) is 34.7 Å². The van der Waals surface area contributed by atoms with E-state index < -0.39 is 77.3 Å². The fourth-order valence-corrected chi connectivity index (χ4v) is 8.93. The molecule has 7 rings (SSSR count). The monoisotopic (exact) mass is 786 g/mol. The molecule has 3 aliphatic heterocycles. The molecule has 0 aliphatic carbocycles. The fourth-order valence-electron chi connectivity index (χ4n) is 8.93. The molecule has 4 aromatic carbocycles. The molecule has 13 heteroatoms. The second-order valence-corrected chi connectivity index (χ2v) is 14.8. The van der Waals surface area contributed by atoms with Gasteiger partial charge in [0.05, 0.1) is 37.4 Å². The van der Waals surface area contributed by atoms with Crippen LogP contribution >= 0.6 is 0 Å². The van der Waals surface area contributed by atoms with Crippen molar-refractivity contribution in [3.05, 3.63) is 144 Å². The Morgan fingerprint density at radius 1 is 0.897 bits per heavy atom. The van der Waals surface area contributed by atoms with Crippen LogP contribution in [0.5, 0.6) is 5.75 Å². The van der Waals surface area contributed by atoms with Crippen molar-refractivity contribution in [3.63, 3.8) is 0 Å². The minimum Gasteiger partial charge on any atom is -0.491 e. The third-order valence-corrected chi connectivity index (χ3v) is 11.2. The number of fused-ring (bicyclic) bond motifs is 3. The van der Waals surface area contributed by atoms with Crippen LogP contribution in [0.25, 0.3) is 0 Å². The lowest BCUT2D eigenvalue weighted by Crippen LogP contribution is -2.57. The van der Waals surface area contributed by atoms with Crippen molar-refractivity contribution in [2.45, 2.75) is 49.5 Å². The maximum atomic E-state index is 16.1. The largest absolute Gasteiger partial charge is 0.491 e. The molecule has 0 saturated carbocycles. The summed E-state index contributed by atoms with van der Waals surface area (Å²) >= 11 is 0. The van der Waals surface area contributed by atoms with E-state index in [0.29, 0.717) is 22.4 Å². The van der Waals surface area contributed by atoms with Gasteiger partial charge in [-0.25, -0.2) is 14.5 Å². The predicted octanol–water partition coefficient (Wildman–Crippen LogP) is 4.93. The number of amides is 4. The lowest BCUT2D eigenvalue weighted by Gasteiger charge is -2.46. The van der Waals surface area contributed by atoms with Gasteiger partial charge >= 0.3 is 18.0 Å². The maximum absolute atomic E-state index is 16.1. The summed E-state index contributed by atoms with van der Waals surface area (Å²) in [4.78, 5) is 76.4. The molecule has 4 aromatic rings. The molecule has 0 unspecified atom stereocenters. The molecule has 0 aromatic heterocycles. The molecule has 1 spiro atoms. The van der Waals surface area contributed by atoms with Gasteiger partial charge in [0.15, 0.2) is 0 Å². The Hall–Kier alpha value is -6.31. The van der Waals surface area contributed by atoms with Crippen molar-refractivity contribution in [2.75, 3.05) is 31.8 Å². The summed E-state index contributed by atoms with van der Waals surface area (Å²) in [6.07, 6.45) is 0.582. The third-order valence-electron chi connectivity index (χ3n) is 11.2. The van der Waals surface area contributed by atoms with Crippen LogP contribution in [0.2, 0.25) is 0 Å². The summed E-state index contributed by atoms with van der Waals surface area (Å²) < 4.78 is 17.6. The zero-order valence-corrected chi connectivity index (χ0v) is 32.4. The molecule has 58 heavy (non-hydrogen) atoms. The minimum absolute atomic E-state index is 0.0119. The number of esters is 2. The van der Waals surface area contributed by atoms with Gasteiger partial charge in [-0.1, -0.05) is 117 Å². The van der Waals surface area contributed by atoms with Gasteiger partial charge in [0.1, 0.15) is 36.0 Å². The highest BCUT2D eigenvalue weighted by Gasteiger charge is 2.76. The van der Waals surface area contributed by atoms with Crippen LogP contribution in [0.1, 0.15) is 54.3 Å². The van der Waals surface area contributed by atoms with Crippen molar-refractivity contribution in [3.8, 4) is 5.75 Å². The van der Waals surface area contributed by atoms with E-state index in [4.69, 9.17) is 14.2 Å². The van der Waals surface area contributed by atoms with E-state index in [0.717, 1.165) is 10.5 Å². The Morgan fingerprint density at radius 2 is 1.53 bits per heavy atom. The first-order valence-corrected chi connectivity index (χ1v) is 19.2. The first kappa shape index (κ1) is 39.9. The molecule has 2 saturated heterocycles. The average molecular weight is 787 g/mol. The topological polar surface area (TPSA) is 164 Å². The summed E-state index contributed by atoms with van der Waals surface area (Å²) in [6, 6.07) is 26.9. The van der Waals surface area contributed by atoms with E-state index >= 15 is 9.59 Å². The first-order chi connectivity index (χ1) is 28.1. The fraction of sp³-hybridized carbons (Fsp3) is 0.311. The van der Waals surface area contributed by atoms with Gasteiger partial charge in [-0.15, -0.1) is 6.58 Å². The van der Waals surface area contributed by atoms with Crippen LogP contribution in [0.15, 0.2) is 122 Å². The molecule has 0 radical (unpaired) electrons. The van der Waals surface area contributed by atoms with Crippen molar-refractivity contribution in [1.82, 2.24) is 15.5 Å². The van der Waals surface area contributed by atoms with Gasteiger partial charge in [0, 0.05) is 12.1 Å². The summed E-state index contributed by atoms with van der Waals surface area (Å²) in [7, 11) is 1.21. The van der Waals surface area contributed by atoms with E-state index in [-0.39, 0.29) is 25.4 Å². The molecule has 4 amide bonds. The highest BCUT2D eigenvalue weighted by molar-refractivity contribution is 6.25. The number of methoxy groups -OCH3 is 1. The van der Waals surface area contributed by atoms with Gasteiger partial charge in [-0.2, -0.15) is 0 Å². The number of morpholine rings is 1. The van der Waals surface area contributed by atoms with Crippen molar-refractivity contribution in [2.24, 2.45) is 11.8 Å². The highest BCUT2D eigenvalue weighted by Crippen LogP contribution is 2.66. The number of imide groups is 1. The van der Waals surface area contributed by atoms with Gasteiger partial charge in [-0.3, -0.25) is 19.3 Å². The van der Waals surface area contributed by atoms with E-state index in [1.54, 1.807) is 62.4 Å². The Balaban J connectivity index is 1.56. The third kappa shape index (κ3) is 6.59. The van der Waals surface area contributed by atoms with Gasteiger partial charge in [0.2, 0.25) is 11.8 Å². The molecular formula is C45H46N4O9. The summed E-state index contributed by atoms with van der Waals surface area (Å²) in [5.74, 6) is -4.51. The van der Waals surface area contributed by atoms with E-state index in [9.17, 15) is 19.5 Å². The lowest BCUT2D eigenvalue weighted by atomic mass is 9.65. The molecule has 3 aliphatic rings. The number of carbonyl (C=O) groups is 5. The molecule has 3 N–H and O–H groups in total. The SMILES string of the molecule is C=CCNC(=O)[C@@H]1[C@H]2C(=O)O[C@H](c3ccccc3)[C@H](c3ccccc3)N2[C@H](c2ccccc2OCCO)[C@@]12C(=O)N(C(=O)N[C@H](C(=O)OC)C(C)C)c1ccccc12. The molecule has 300 valence electrons. The van der Waals surface area contributed by atoms with Crippen LogP contribution in [0.4, 0.5) is 10.5 Å². The molecule has 7 atom stereocenters. The molecule has 3 heterocycles. The number of aliphatic hydroxyl groups is 1. The number of anilines is 1. The standard InChI is InChI=1S/C45H46N4O9/c1-5-24-46-40(51)34-37-42(53)58-38(29-18-10-7-11-19-29)36(28-16-8-6-9-17-28)49(37)39(30-20-12-15-23-33(30)57-26-25-50)45(34)31-21-13-14-22-32(31)48(43(45)54)44(55)47-35(27(2)3)41(52)56-4/h5-23,27,34-39,50H,1,24-26H2,2-4H3,(H,46,51)(H,47,55)/t34-,35-,36-,37-,38+,39+,45-/m0/s1. The molecule has 2 fully saturated rings. The van der Waals surface area contributed by atoms with Crippen molar-refractivity contribution >= 4 is 35.5 Å². The first-order valence-electron chi connectivity index (χ1n) is 19.2. The number of aliphatic hydroxyl groups excluding tert-OH is 1. The minimum atomic E-state index is -2.00. The van der Waals surface area contributed by atoms with Crippen molar-refractivity contribution < 1.29 is 43.3 Å². The number of hydrogen-bond donors (Lipinski definition) is 3. The zero-order valence-electron chi connectivity index (χ0n) is 32.4. The highest BCUT2D eigenvalue weighted by atomic mass is 16.6. The Labute approximate surface area is 336 Å². The predicted molar refractivity (Wildman–Crippen MR) is 213 cm³/mol. The van der Waals surface area contributed by atoms with E-state index in [2.05, 4.69) is 17.2 Å². The number of ether oxygens (including phenoxy) is 3. The average Bonchev–Trinajstić information content (AvgIpc) is 3.70. The van der Waals surface area contributed by atoms with E-state index in [1.165, 1.54) is 13.2 Å². The number of urea groups is 1. The second-order valence-electron chi connectivity index (χ2n) is 14.8. The van der Waals surface area contributed by atoms with Crippen LogP contribution in [0, 0.1) is 11.8 Å². The summed E-state index contributed by atoms with van der Waals surface area (Å²) in [5.41, 5.74) is 0.325. The smallest absolute Gasteiger partial charge is 0.329 e. The number of benzene rings is 4. The van der Waals surface area contributed by atoms with Gasteiger partial charge in [0.25, 0.3) is 0 Å². The Kier molecular flexibility index (Phi) is 11.5. The number of rotatable bonds is 12. The Bertz CT molecular complexity index is 2200. The normalized spacial score (nSPS) is 24.1. The lowest BCUT2D eigenvalue weighted by molar-refractivity contribution is -0.178. The number of nitrogens with one attached hydrogen (secondary N) is 2. The van der Waals surface area contributed by atoms with E-state index in [1.807, 2.05) is 65.6 Å². The number of nitrogens with zero attached hydrogens (tertiary/aromatic N) is 2. The van der Waals surface area contributed by atoms with Crippen LogP contribution in [-0.2, 0) is 34.1 Å². The van der Waals surface area contributed by atoms with Crippen LogP contribution < -0.4 is 20.3 Å². The molecular weight excluding hydrogens is 741 g/mol. The van der Waals surface area contributed by atoms with Crippen molar-refractivity contribution in [1.29, 1.82) is 0 Å². The number of hydrogen-bond acceptors (Lipinski definition) is 10.